The number of hydrogen-bond donors (Lipinski definition) is 1. The van der Waals surface area contributed by atoms with E-state index in [0.717, 1.165) is 32.4 Å². The molecule has 0 radical (unpaired) electrons. The van der Waals surface area contributed by atoms with Crippen LogP contribution in [0.2, 0.25) is 0 Å². The van der Waals surface area contributed by atoms with Gasteiger partial charge in [-0.2, -0.15) is 0 Å². The number of urea groups is 1. The molecule has 1 aliphatic heterocycles. The molecular formula is C28H27N3O6. The number of rotatable bonds is 7. The number of carboxylic acids is 1. The molecule has 2 aromatic carbocycles. The van der Waals surface area contributed by atoms with Gasteiger partial charge < -0.3 is 14.4 Å². The molecule has 0 spiro atoms. The average Bonchev–Trinajstić information content (AvgIpc) is 3.14. The maximum Gasteiger partial charge on any atom is 0.338 e. The van der Waals surface area contributed by atoms with Gasteiger partial charge in [-0.05, 0) is 74.4 Å². The molecule has 190 valence electrons. The summed E-state index contributed by atoms with van der Waals surface area (Å²) in [4.78, 5) is 53.3. The zero-order valence-electron chi connectivity index (χ0n) is 21.0. The minimum atomic E-state index is -1.01. The number of imide groups is 2. The summed E-state index contributed by atoms with van der Waals surface area (Å²) in [5.41, 5.74) is 4.17. The smallest absolute Gasteiger partial charge is 0.338 e. The summed E-state index contributed by atoms with van der Waals surface area (Å²) in [5.74, 6) is -2.40. The molecule has 1 aliphatic rings. The highest BCUT2D eigenvalue weighted by molar-refractivity contribution is 6.39. The number of ether oxygens (including phenoxy) is 1. The van der Waals surface area contributed by atoms with Crippen LogP contribution in [0.15, 0.2) is 60.2 Å². The number of hydrogen-bond acceptors (Lipinski definition) is 5. The van der Waals surface area contributed by atoms with Crippen molar-refractivity contribution in [2.75, 3.05) is 25.2 Å². The predicted molar refractivity (Wildman–Crippen MR) is 138 cm³/mol. The largest absolute Gasteiger partial charge is 0.478 e. The third-order valence-electron chi connectivity index (χ3n) is 6.32. The zero-order valence-corrected chi connectivity index (χ0v) is 21.0. The number of amides is 4. The van der Waals surface area contributed by atoms with Crippen molar-refractivity contribution >= 4 is 35.6 Å². The summed E-state index contributed by atoms with van der Waals surface area (Å²) in [6.07, 6.45) is 1.51. The van der Waals surface area contributed by atoms with Crippen molar-refractivity contribution in [2.24, 2.45) is 0 Å². The monoisotopic (exact) mass is 501 g/mol. The van der Waals surface area contributed by atoms with Gasteiger partial charge in [-0.3, -0.25) is 14.5 Å². The van der Waals surface area contributed by atoms with E-state index in [2.05, 4.69) is 0 Å². The van der Waals surface area contributed by atoms with Crippen LogP contribution in [0, 0.1) is 20.8 Å². The Morgan fingerprint density at radius 3 is 2.30 bits per heavy atom. The van der Waals surface area contributed by atoms with Gasteiger partial charge in [0.05, 0.1) is 24.4 Å². The number of benzene rings is 2. The van der Waals surface area contributed by atoms with Crippen molar-refractivity contribution in [3.63, 3.8) is 0 Å². The first kappa shape index (κ1) is 25.6. The van der Waals surface area contributed by atoms with Gasteiger partial charge in [-0.1, -0.05) is 18.2 Å². The van der Waals surface area contributed by atoms with E-state index in [1.807, 2.05) is 31.4 Å². The highest BCUT2D eigenvalue weighted by Crippen LogP contribution is 2.29. The highest BCUT2D eigenvalue weighted by Gasteiger charge is 2.42. The number of anilines is 1. The number of carbonyl (C=O) groups excluding carboxylic acids is 3. The molecule has 37 heavy (non-hydrogen) atoms. The van der Waals surface area contributed by atoms with Crippen molar-refractivity contribution in [3.8, 4) is 5.69 Å². The first-order chi connectivity index (χ1) is 17.6. The van der Waals surface area contributed by atoms with Gasteiger partial charge in [-0.25, -0.2) is 14.5 Å². The molecule has 4 amide bonds. The molecule has 4 rings (SSSR count). The third-order valence-corrected chi connectivity index (χ3v) is 6.32. The van der Waals surface area contributed by atoms with E-state index in [9.17, 15) is 24.3 Å². The van der Waals surface area contributed by atoms with Crippen LogP contribution in [0.25, 0.3) is 11.8 Å². The number of nitrogens with zero attached hydrogens (tertiary/aromatic N) is 3. The van der Waals surface area contributed by atoms with Gasteiger partial charge in [0.25, 0.3) is 11.8 Å². The number of aryl methyl sites for hydroxylation is 2. The number of aromatic carboxylic acids is 1. The average molecular weight is 502 g/mol. The minimum Gasteiger partial charge on any atom is -0.478 e. The van der Waals surface area contributed by atoms with Gasteiger partial charge in [0, 0.05) is 24.2 Å². The van der Waals surface area contributed by atoms with Crippen LogP contribution < -0.4 is 4.90 Å². The van der Waals surface area contributed by atoms with E-state index in [-0.39, 0.29) is 24.3 Å². The summed E-state index contributed by atoms with van der Waals surface area (Å²) in [6.45, 7) is 5.68. The van der Waals surface area contributed by atoms with E-state index < -0.39 is 23.8 Å². The molecule has 1 N–H and O–H groups in total. The van der Waals surface area contributed by atoms with Crippen LogP contribution >= 0.6 is 0 Å². The molecule has 1 aromatic heterocycles. The van der Waals surface area contributed by atoms with Gasteiger partial charge in [0.2, 0.25) is 0 Å². The molecule has 0 atom stereocenters. The maximum atomic E-state index is 13.5. The molecule has 9 nitrogen and oxygen atoms in total. The molecule has 1 fully saturated rings. The number of carbonyl (C=O) groups is 4. The van der Waals surface area contributed by atoms with Gasteiger partial charge in [0.1, 0.15) is 5.57 Å². The second-order valence-corrected chi connectivity index (χ2v) is 8.73. The summed E-state index contributed by atoms with van der Waals surface area (Å²) < 4.78 is 7.01. The van der Waals surface area contributed by atoms with Crippen molar-refractivity contribution in [1.29, 1.82) is 0 Å². The lowest BCUT2D eigenvalue weighted by Crippen LogP contribution is -2.57. The number of aromatic nitrogens is 1. The Balaban J connectivity index is 1.81. The van der Waals surface area contributed by atoms with Crippen LogP contribution in [0.5, 0.6) is 0 Å². The van der Waals surface area contributed by atoms with Crippen LogP contribution in [-0.4, -0.2) is 58.6 Å². The van der Waals surface area contributed by atoms with Gasteiger partial charge >= 0.3 is 12.0 Å². The first-order valence-electron chi connectivity index (χ1n) is 11.6. The van der Waals surface area contributed by atoms with Gasteiger partial charge in [-0.15, -0.1) is 0 Å². The fraction of sp³-hybridized carbons (Fsp3) is 0.214. The highest BCUT2D eigenvalue weighted by atomic mass is 16.5. The quantitative estimate of drug-likeness (QED) is 0.385. The first-order valence-corrected chi connectivity index (χ1v) is 11.6. The third kappa shape index (κ3) is 4.68. The molecule has 0 bridgehead atoms. The lowest BCUT2D eigenvalue weighted by molar-refractivity contribution is -0.129. The summed E-state index contributed by atoms with van der Waals surface area (Å²) in [5, 5.41) is 9.30. The van der Waals surface area contributed by atoms with Gasteiger partial charge in [0.15, 0.2) is 0 Å². The van der Waals surface area contributed by atoms with Crippen molar-refractivity contribution in [1.82, 2.24) is 9.47 Å². The number of carboxylic acid groups (broad SMARTS) is 1. The van der Waals surface area contributed by atoms with Crippen LogP contribution in [0.4, 0.5) is 10.5 Å². The zero-order chi connectivity index (χ0) is 26.9. The lowest BCUT2D eigenvalue weighted by atomic mass is 10.1. The van der Waals surface area contributed by atoms with Crippen molar-refractivity contribution in [3.05, 3.63) is 88.2 Å². The second kappa shape index (κ2) is 10.2. The fourth-order valence-electron chi connectivity index (χ4n) is 4.46. The molecule has 0 aliphatic carbocycles. The SMILES string of the molecule is COCCN1C(=O)/C(=C/c2cc(C)n(-c3ccc(C(=O)O)cc3C)c2C)C(=O)N(c2ccccc2)C1=O. The molecule has 2 heterocycles. The summed E-state index contributed by atoms with van der Waals surface area (Å²) >= 11 is 0. The van der Waals surface area contributed by atoms with E-state index in [0.29, 0.717) is 11.3 Å². The topological polar surface area (TPSA) is 109 Å². The maximum absolute atomic E-state index is 13.5. The number of para-hydroxylation sites is 1. The van der Waals surface area contributed by atoms with E-state index in [1.54, 1.807) is 42.5 Å². The fourth-order valence-corrected chi connectivity index (χ4v) is 4.46. The van der Waals surface area contributed by atoms with Crippen LogP contribution in [-0.2, 0) is 14.3 Å². The second-order valence-electron chi connectivity index (χ2n) is 8.73. The van der Waals surface area contributed by atoms with Crippen molar-refractivity contribution < 1.29 is 29.0 Å². The summed E-state index contributed by atoms with van der Waals surface area (Å²) in [6, 6.07) is 14.4. The molecular weight excluding hydrogens is 474 g/mol. The Labute approximate surface area is 214 Å². The summed E-state index contributed by atoms with van der Waals surface area (Å²) in [7, 11) is 1.47. The van der Waals surface area contributed by atoms with Crippen LogP contribution in [0.3, 0.4) is 0 Å². The molecule has 0 saturated carbocycles. The molecule has 3 aromatic rings. The standard InChI is InChI=1S/C28H27N3O6/c1-17-14-20(27(34)35)10-11-24(17)30-18(2)15-21(19(30)3)16-23-25(32)29(12-13-37-4)28(36)31(26(23)33)22-8-6-5-7-9-22/h5-11,14-16H,12-13H2,1-4H3,(H,34,35)/b23-16-. The predicted octanol–water partition coefficient (Wildman–Crippen LogP) is 4.13. The lowest BCUT2D eigenvalue weighted by Gasteiger charge is -2.33. The Morgan fingerprint density at radius 2 is 1.68 bits per heavy atom. The Morgan fingerprint density at radius 1 is 0.973 bits per heavy atom. The normalized spacial score (nSPS) is 15.1. The molecule has 1 saturated heterocycles. The Bertz CT molecular complexity index is 1440. The van der Waals surface area contributed by atoms with E-state index in [1.165, 1.54) is 19.3 Å². The Kier molecular flexibility index (Phi) is 7.08. The van der Waals surface area contributed by atoms with E-state index in [4.69, 9.17) is 4.74 Å². The number of methoxy groups -OCH3 is 1. The molecule has 0 unspecified atom stereocenters. The minimum absolute atomic E-state index is 0.00371. The Hall–Kier alpha value is -4.50. The van der Waals surface area contributed by atoms with Crippen LogP contribution in [0.1, 0.15) is 32.9 Å². The number of barbiturate groups is 1. The van der Waals surface area contributed by atoms with Crippen molar-refractivity contribution in [2.45, 2.75) is 20.8 Å². The van der Waals surface area contributed by atoms with E-state index >= 15 is 0 Å². The molecule has 9 heteroatoms.